The van der Waals surface area contributed by atoms with Crippen LogP contribution in [0.25, 0.3) is 60.5 Å². The highest BCUT2D eigenvalue weighted by atomic mass is 15.1. The van der Waals surface area contributed by atoms with Gasteiger partial charge in [0.2, 0.25) is 0 Å². The molecule has 7 rings (SSSR count). The Morgan fingerprint density at radius 3 is 1.86 bits per heavy atom. The normalized spacial score (nSPS) is 11.5. The Morgan fingerprint density at radius 1 is 0.548 bits per heavy atom. The van der Waals surface area contributed by atoms with Gasteiger partial charge >= 0.3 is 0 Å². The summed E-state index contributed by atoms with van der Waals surface area (Å²) in [6, 6.07) is 33.5. The second kappa shape index (κ2) is 10.2. The summed E-state index contributed by atoms with van der Waals surface area (Å²) in [5.41, 5.74) is 8.00. The average Bonchev–Trinajstić information content (AvgIpc) is 3.40. The molecular weight excluding hydrogens is 502 g/mol. The van der Waals surface area contributed by atoms with E-state index < -0.39 is 0 Å². The van der Waals surface area contributed by atoms with Crippen LogP contribution < -0.4 is 27.3 Å². The summed E-state index contributed by atoms with van der Waals surface area (Å²) < 4.78 is 2.30. The predicted octanol–water partition coefficient (Wildman–Crippen LogP) is 3.20. The Morgan fingerprint density at radius 2 is 1.14 bits per heavy atom. The highest BCUT2D eigenvalue weighted by Crippen LogP contribution is 2.43. The van der Waals surface area contributed by atoms with Gasteiger partial charge in [-0.15, -0.1) is 16.4 Å². The third-order valence-electron chi connectivity index (χ3n) is 8.22. The summed E-state index contributed by atoms with van der Waals surface area (Å²) in [6.45, 7) is 2.14. The quantitative estimate of drug-likeness (QED) is 0.256. The van der Waals surface area contributed by atoms with Crippen molar-refractivity contribution in [3.05, 3.63) is 103 Å². The van der Waals surface area contributed by atoms with Gasteiger partial charge in [-0.25, -0.2) is 4.98 Å². The van der Waals surface area contributed by atoms with Crippen molar-refractivity contribution in [1.82, 2.24) is 9.55 Å². The fourth-order valence-corrected chi connectivity index (χ4v) is 6.19. The standard InChI is InChI=1S/C35H21B5N2/c1-2-27-41-25-14-8-9-15-26(25)42(27)35-22-13-7-6-12-21(22)28(19-10-4-3-5-11-19)24-18-20(16-17-23(24)35)29-30(36)32(38)34(40)33(39)31(29)37/h3-18H,2H2,1H3. The summed E-state index contributed by atoms with van der Waals surface area (Å²) in [5.74, 6) is 0.992. The number of hydrogen-bond acceptors (Lipinski definition) is 1. The largest absolute Gasteiger partial charge is 0.295 e. The van der Waals surface area contributed by atoms with Gasteiger partial charge in [0.1, 0.15) is 45.1 Å². The summed E-state index contributed by atoms with van der Waals surface area (Å²) in [4.78, 5) is 5.01. The molecule has 0 N–H and O–H groups in total. The van der Waals surface area contributed by atoms with Gasteiger partial charge in [-0.05, 0) is 51.2 Å². The monoisotopic (exact) mass is 524 g/mol. The SMILES string of the molecule is [B]c1c([B])c([B])c(-c2ccc3c(-n4c(CC)nc5ccccc54)c4ccccc4c(-c4ccccc4)c3c2)c([B])c1[B]. The Hall–Kier alpha value is -4.37. The number of aryl methyl sites for hydroxylation is 1. The molecule has 1 heterocycles. The number of aromatic nitrogens is 2. The number of hydrogen-bond donors (Lipinski definition) is 0. The van der Waals surface area contributed by atoms with E-state index in [1.54, 1.807) is 0 Å². The molecule has 0 aliphatic rings. The van der Waals surface area contributed by atoms with Crippen LogP contribution in [0, 0.1) is 0 Å². The minimum atomic E-state index is 0.201. The van der Waals surface area contributed by atoms with Crippen LogP contribution in [-0.2, 0) is 6.42 Å². The summed E-state index contributed by atoms with van der Waals surface area (Å²) in [7, 11) is 31.7. The number of para-hydroxylation sites is 2. The van der Waals surface area contributed by atoms with Crippen LogP contribution in [0.3, 0.4) is 0 Å². The molecular formula is C35H21B5N2. The maximum absolute atomic E-state index is 6.52. The van der Waals surface area contributed by atoms with Gasteiger partial charge in [0.05, 0.1) is 16.7 Å². The molecule has 0 unspecified atom stereocenters. The lowest BCUT2D eigenvalue weighted by Gasteiger charge is -2.23. The molecule has 6 aromatic carbocycles. The van der Waals surface area contributed by atoms with Crippen molar-refractivity contribution in [2.75, 3.05) is 0 Å². The fourth-order valence-electron chi connectivity index (χ4n) is 6.19. The van der Waals surface area contributed by atoms with Gasteiger partial charge in [-0.1, -0.05) is 96.7 Å². The lowest BCUT2D eigenvalue weighted by molar-refractivity contribution is 0.917. The van der Waals surface area contributed by atoms with Crippen molar-refractivity contribution in [3.63, 3.8) is 0 Å². The first-order chi connectivity index (χ1) is 20.4. The maximum atomic E-state index is 6.52. The molecule has 0 spiro atoms. The molecule has 7 aromatic rings. The van der Waals surface area contributed by atoms with Crippen molar-refractivity contribution in [1.29, 1.82) is 0 Å². The molecule has 186 valence electrons. The molecule has 0 aliphatic carbocycles. The first-order valence-corrected chi connectivity index (χ1v) is 13.9. The third-order valence-corrected chi connectivity index (χ3v) is 8.22. The molecule has 10 radical (unpaired) electrons. The van der Waals surface area contributed by atoms with E-state index in [0.717, 1.165) is 67.2 Å². The van der Waals surface area contributed by atoms with Gasteiger partial charge in [0.25, 0.3) is 0 Å². The zero-order chi connectivity index (χ0) is 29.1. The Labute approximate surface area is 252 Å². The molecule has 1 aromatic heterocycles. The molecule has 0 saturated heterocycles. The predicted molar refractivity (Wildman–Crippen MR) is 183 cm³/mol. The average molecular weight is 524 g/mol. The van der Waals surface area contributed by atoms with Crippen LogP contribution in [0.5, 0.6) is 0 Å². The number of benzene rings is 6. The van der Waals surface area contributed by atoms with E-state index in [4.69, 9.17) is 44.2 Å². The van der Waals surface area contributed by atoms with Crippen molar-refractivity contribution in [2.45, 2.75) is 13.3 Å². The number of nitrogens with zero attached hydrogens (tertiary/aromatic N) is 2. The van der Waals surface area contributed by atoms with Gasteiger partial charge in [-0.2, -0.15) is 0 Å². The van der Waals surface area contributed by atoms with E-state index in [1.165, 1.54) is 0 Å². The molecule has 0 bridgehead atoms. The van der Waals surface area contributed by atoms with Crippen molar-refractivity contribution in [3.8, 4) is 27.9 Å². The highest BCUT2D eigenvalue weighted by Gasteiger charge is 2.21. The van der Waals surface area contributed by atoms with Crippen LogP contribution in [0.4, 0.5) is 0 Å². The van der Waals surface area contributed by atoms with E-state index >= 15 is 0 Å². The molecule has 0 aliphatic heterocycles. The van der Waals surface area contributed by atoms with Crippen molar-refractivity contribution in [2.24, 2.45) is 0 Å². The zero-order valence-corrected chi connectivity index (χ0v) is 23.2. The fraction of sp³-hybridized carbons (Fsp3) is 0.0571. The minimum Gasteiger partial charge on any atom is -0.295 e. The van der Waals surface area contributed by atoms with E-state index in [-0.39, 0.29) is 16.4 Å². The molecule has 2 nitrogen and oxygen atoms in total. The van der Waals surface area contributed by atoms with Gasteiger partial charge in [-0.3, -0.25) is 4.57 Å². The van der Waals surface area contributed by atoms with E-state index in [9.17, 15) is 0 Å². The van der Waals surface area contributed by atoms with Crippen LogP contribution in [0.2, 0.25) is 0 Å². The Kier molecular flexibility index (Phi) is 6.42. The van der Waals surface area contributed by atoms with Crippen molar-refractivity contribution < 1.29 is 0 Å². The number of rotatable bonds is 4. The first kappa shape index (κ1) is 26.5. The van der Waals surface area contributed by atoms with Crippen LogP contribution >= 0.6 is 0 Å². The highest BCUT2D eigenvalue weighted by molar-refractivity contribution is 6.68. The summed E-state index contributed by atoms with van der Waals surface area (Å²) >= 11 is 0. The van der Waals surface area contributed by atoms with Crippen LogP contribution in [-0.4, -0.2) is 48.8 Å². The topological polar surface area (TPSA) is 17.8 Å². The molecule has 42 heavy (non-hydrogen) atoms. The number of fused-ring (bicyclic) bond motifs is 3. The molecule has 0 amide bonds. The smallest absolute Gasteiger partial charge is 0.114 e. The van der Waals surface area contributed by atoms with Crippen LogP contribution in [0.15, 0.2) is 97.1 Å². The van der Waals surface area contributed by atoms with E-state index in [0.29, 0.717) is 16.5 Å². The molecule has 0 saturated carbocycles. The molecule has 7 heteroatoms. The Balaban J connectivity index is 1.68. The summed E-state index contributed by atoms with van der Waals surface area (Å²) in [6.07, 6.45) is 0.778. The van der Waals surface area contributed by atoms with Crippen molar-refractivity contribution >= 4 is 99.1 Å². The molecule has 0 fully saturated rings. The zero-order valence-electron chi connectivity index (χ0n) is 23.2. The van der Waals surface area contributed by atoms with Crippen LogP contribution in [0.1, 0.15) is 12.7 Å². The minimum absolute atomic E-state index is 0.201. The number of imidazole rings is 1. The lowest BCUT2D eigenvalue weighted by Crippen LogP contribution is -2.55. The lowest BCUT2D eigenvalue weighted by atomic mass is 9.59. The second-order valence-electron chi connectivity index (χ2n) is 10.5. The van der Waals surface area contributed by atoms with E-state index in [2.05, 4.69) is 90.4 Å². The maximum Gasteiger partial charge on any atom is 0.114 e. The van der Waals surface area contributed by atoms with Gasteiger partial charge in [0, 0.05) is 17.2 Å². The first-order valence-electron chi connectivity index (χ1n) is 13.9. The molecule has 0 atom stereocenters. The van der Waals surface area contributed by atoms with E-state index in [1.807, 2.05) is 18.2 Å². The van der Waals surface area contributed by atoms with Gasteiger partial charge < -0.3 is 0 Å². The van der Waals surface area contributed by atoms with Gasteiger partial charge in [0.15, 0.2) is 0 Å². The second-order valence-corrected chi connectivity index (χ2v) is 10.5. The summed E-state index contributed by atoms with van der Waals surface area (Å²) in [5, 5.41) is 4.37. The third kappa shape index (κ3) is 3.90. The Bertz CT molecular complexity index is 2160.